The molecule has 0 aliphatic rings. The average Bonchev–Trinajstić information content (AvgIpc) is 2.84. The van der Waals surface area contributed by atoms with Gasteiger partial charge in [-0.05, 0) is 48.3 Å². The van der Waals surface area contributed by atoms with Gasteiger partial charge in [-0.1, -0.05) is 12.1 Å². The van der Waals surface area contributed by atoms with Gasteiger partial charge >= 0.3 is 0 Å². The molecule has 2 aromatic rings. The molecular weight excluding hydrogens is 267 g/mol. The second-order valence-corrected chi connectivity index (χ2v) is 5.29. The van der Waals surface area contributed by atoms with Crippen molar-refractivity contribution in [2.75, 3.05) is 5.32 Å². The van der Waals surface area contributed by atoms with Gasteiger partial charge in [0.05, 0.1) is 6.54 Å². The van der Waals surface area contributed by atoms with E-state index in [0.29, 0.717) is 22.9 Å². The summed E-state index contributed by atoms with van der Waals surface area (Å²) in [6, 6.07) is 8.99. The smallest absolute Gasteiger partial charge is 0.171 e. The third-order valence-corrected chi connectivity index (χ3v) is 3.56. The highest BCUT2D eigenvalue weighted by atomic mass is 32.1. The normalized spacial score (nSPS) is 10.1. The third kappa shape index (κ3) is 3.51. The molecule has 0 fully saturated rings. The minimum Gasteiger partial charge on any atom is -0.358 e. The average molecular weight is 280 g/mol. The molecule has 18 heavy (non-hydrogen) atoms. The van der Waals surface area contributed by atoms with Gasteiger partial charge < -0.3 is 10.6 Å². The molecule has 94 valence electrons. The van der Waals surface area contributed by atoms with Crippen molar-refractivity contribution in [2.45, 2.75) is 13.5 Å². The molecular formula is C13H13FN2S2. The highest BCUT2D eigenvalue weighted by Crippen LogP contribution is 2.13. The SMILES string of the molecule is Cc1ccc(NC(=S)NCc2cccs2)cc1F. The first-order valence-corrected chi connectivity index (χ1v) is 6.77. The van der Waals surface area contributed by atoms with Gasteiger partial charge in [0.15, 0.2) is 5.11 Å². The number of thiocarbonyl (C=S) groups is 1. The van der Waals surface area contributed by atoms with Crippen LogP contribution in [0.3, 0.4) is 0 Å². The molecule has 5 heteroatoms. The molecule has 2 rings (SSSR count). The largest absolute Gasteiger partial charge is 0.358 e. The number of anilines is 1. The Kier molecular flexibility index (Phi) is 4.28. The first kappa shape index (κ1) is 13.0. The fraction of sp³-hybridized carbons (Fsp3) is 0.154. The van der Waals surface area contributed by atoms with E-state index in [1.807, 2.05) is 17.5 Å². The summed E-state index contributed by atoms with van der Waals surface area (Å²) in [7, 11) is 0. The minimum atomic E-state index is -0.235. The number of thiophene rings is 1. The van der Waals surface area contributed by atoms with Crippen molar-refractivity contribution in [2.24, 2.45) is 0 Å². The van der Waals surface area contributed by atoms with Crippen LogP contribution < -0.4 is 10.6 Å². The zero-order valence-corrected chi connectivity index (χ0v) is 11.5. The first-order chi connectivity index (χ1) is 8.65. The summed E-state index contributed by atoms with van der Waals surface area (Å²) < 4.78 is 13.3. The summed E-state index contributed by atoms with van der Waals surface area (Å²) in [6.07, 6.45) is 0. The molecule has 0 saturated carbocycles. The maximum absolute atomic E-state index is 13.3. The van der Waals surface area contributed by atoms with Crippen molar-refractivity contribution in [3.05, 3.63) is 52.0 Å². The third-order valence-electron chi connectivity index (χ3n) is 2.43. The highest BCUT2D eigenvalue weighted by molar-refractivity contribution is 7.80. The van der Waals surface area contributed by atoms with E-state index in [4.69, 9.17) is 12.2 Å². The molecule has 2 nitrogen and oxygen atoms in total. The predicted octanol–water partition coefficient (Wildman–Crippen LogP) is 3.68. The van der Waals surface area contributed by atoms with Gasteiger partial charge in [0.25, 0.3) is 0 Å². The van der Waals surface area contributed by atoms with Crippen molar-refractivity contribution < 1.29 is 4.39 Å². The van der Waals surface area contributed by atoms with Gasteiger partial charge in [-0.15, -0.1) is 11.3 Å². The van der Waals surface area contributed by atoms with Crippen LogP contribution in [0.4, 0.5) is 10.1 Å². The number of hydrogen-bond donors (Lipinski definition) is 2. The lowest BCUT2D eigenvalue weighted by atomic mass is 10.2. The van der Waals surface area contributed by atoms with E-state index in [1.54, 1.807) is 30.4 Å². The number of benzene rings is 1. The summed E-state index contributed by atoms with van der Waals surface area (Å²) in [5.74, 6) is -0.235. The number of nitrogens with one attached hydrogen (secondary N) is 2. The van der Waals surface area contributed by atoms with E-state index in [-0.39, 0.29) is 5.82 Å². The van der Waals surface area contributed by atoms with Gasteiger partial charge in [-0.2, -0.15) is 0 Å². The van der Waals surface area contributed by atoms with E-state index < -0.39 is 0 Å². The molecule has 0 aliphatic carbocycles. The standard InChI is InChI=1S/C13H13FN2S2/c1-9-4-5-10(7-12(9)14)16-13(17)15-8-11-3-2-6-18-11/h2-7H,8H2,1H3,(H2,15,16,17). The number of hydrogen-bond acceptors (Lipinski definition) is 2. The van der Waals surface area contributed by atoms with Crippen molar-refractivity contribution in [1.82, 2.24) is 5.32 Å². The molecule has 0 bridgehead atoms. The summed E-state index contributed by atoms with van der Waals surface area (Å²) in [4.78, 5) is 1.20. The van der Waals surface area contributed by atoms with Crippen molar-refractivity contribution in [3.8, 4) is 0 Å². The van der Waals surface area contributed by atoms with Gasteiger partial charge in [-0.25, -0.2) is 4.39 Å². The molecule has 1 aromatic carbocycles. The van der Waals surface area contributed by atoms with Crippen LogP contribution in [-0.2, 0) is 6.54 Å². The molecule has 0 atom stereocenters. The molecule has 0 unspecified atom stereocenters. The van der Waals surface area contributed by atoms with Gasteiger partial charge in [0.2, 0.25) is 0 Å². The van der Waals surface area contributed by atoms with Crippen molar-refractivity contribution >= 4 is 34.4 Å². The number of aryl methyl sites for hydroxylation is 1. The van der Waals surface area contributed by atoms with Crippen LogP contribution in [0.25, 0.3) is 0 Å². The van der Waals surface area contributed by atoms with Crippen molar-refractivity contribution in [3.63, 3.8) is 0 Å². The Morgan fingerprint density at radius 2 is 2.22 bits per heavy atom. The van der Waals surface area contributed by atoms with E-state index in [2.05, 4.69) is 10.6 Å². The highest BCUT2D eigenvalue weighted by Gasteiger charge is 2.02. The van der Waals surface area contributed by atoms with E-state index in [9.17, 15) is 4.39 Å². The fourth-order valence-corrected chi connectivity index (χ4v) is 2.26. The maximum Gasteiger partial charge on any atom is 0.171 e. The molecule has 0 amide bonds. The summed E-state index contributed by atoms with van der Waals surface area (Å²) in [6.45, 7) is 2.41. The lowest BCUT2D eigenvalue weighted by molar-refractivity contribution is 0.619. The Morgan fingerprint density at radius 1 is 1.39 bits per heavy atom. The fourth-order valence-electron chi connectivity index (χ4n) is 1.43. The van der Waals surface area contributed by atoms with Gasteiger partial charge in [0.1, 0.15) is 5.82 Å². The Bertz CT molecular complexity index is 538. The molecule has 0 radical (unpaired) electrons. The van der Waals surface area contributed by atoms with Gasteiger partial charge in [0, 0.05) is 10.6 Å². The van der Waals surface area contributed by atoms with Crippen LogP contribution in [0.15, 0.2) is 35.7 Å². The summed E-state index contributed by atoms with van der Waals surface area (Å²) in [5.41, 5.74) is 1.28. The molecule has 2 N–H and O–H groups in total. The zero-order chi connectivity index (χ0) is 13.0. The Labute approximate surface area is 115 Å². The molecule has 0 spiro atoms. The molecule has 0 aliphatic heterocycles. The van der Waals surface area contributed by atoms with Crippen LogP contribution in [0.5, 0.6) is 0 Å². The molecule has 1 aromatic heterocycles. The number of halogens is 1. The Balaban J connectivity index is 1.88. The van der Waals surface area contributed by atoms with E-state index in [1.165, 1.54) is 10.9 Å². The van der Waals surface area contributed by atoms with Gasteiger partial charge in [-0.3, -0.25) is 0 Å². The monoisotopic (exact) mass is 280 g/mol. The predicted molar refractivity (Wildman–Crippen MR) is 78.5 cm³/mol. The second-order valence-electron chi connectivity index (χ2n) is 3.85. The van der Waals surface area contributed by atoms with E-state index >= 15 is 0 Å². The second kappa shape index (κ2) is 5.93. The van der Waals surface area contributed by atoms with Crippen LogP contribution in [-0.4, -0.2) is 5.11 Å². The van der Waals surface area contributed by atoms with Crippen LogP contribution in [0.1, 0.15) is 10.4 Å². The summed E-state index contributed by atoms with van der Waals surface area (Å²) >= 11 is 6.81. The minimum absolute atomic E-state index is 0.235. The first-order valence-electron chi connectivity index (χ1n) is 5.48. The van der Waals surface area contributed by atoms with E-state index in [0.717, 1.165) is 0 Å². The molecule has 0 saturated heterocycles. The van der Waals surface area contributed by atoms with Crippen LogP contribution in [0.2, 0.25) is 0 Å². The Morgan fingerprint density at radius 3 is 2.89 bits per heavy atom. The number of rotatable bonds is 3. The lowest BCUT2D eigenvalue weighted by Gasteiger charge is -2.10. The Hall–Kier alpha value is -1.46. The lowest BCUT2D eigenvalue weighted by Crippen LogP contribution is -2.27. The maximum atomic E-state index is 13.3. The van der Waals surface area contributed by atoms with Crippen LogP contribution >= 0.6 is 23.6 Å². The quantitative estimate of drug-likeness (QED) is 0.839. The van der Waals surface area contributed by atoms with Crippen molar-refractivity contribution in [1.29, 1.82) is 0 Å². The zero-order valence-electron chi connectivity index (χ0n) is 9.87. The van der Waals surface area contributed by atoms with Crippen LogP contribution in [0, 0.1) is 12.7 Å². The summed E-state index contributed by atoms with van der Waals surface area (Å²) in [5, 5.41) is 8.54. The molecule has 1 heterocycles. The topological polar surface area (TPSA) is 24.1 Å².